The Hall–Kier alpha value is -1.87. The zero-order chi connectivity index (χ0) is 14.8. The molecule has 0 saturated heterocycles. The quantitative estimate of drug-likeness (QED) is 0.929. The third kappa shape index (κ3) is 2.79. The summed E-state index contributed by atoms with van der Waals surface area (Å²) in [5.74, 6) is 0. The van der Waals surface area contributed by atoms with Gasteiger partial charge in [0.1, 0.15) is 0 Å². The van der Waals surface area contributed by atoms with Gasteiger partial charge < -0.3 is 10.5 Å². The van der Waals surface area contributed by atoms with Crippen molar-refractivity contribution in [1.82, 2.24) is 4.98 Å². The Morgan fingerprint density at radius 1 is 1.29 bits per heavy atom. The SMILES string of the molecule is Cc1cnc(COC2CCCc3ccccc32)c(C)c1N. The van der Waals surface area contributed by atoms with Crippen LogP contribution in [0.1, 0.15) is 46.9 Å². The molecule has 0 fully saturated rings. The normalized spacial score (nSPS) is 17.5. The Bertz CT molecular complexity index is 652. The summed E-state index contributed by atoms with van der Waals surface area (Å²) in [4.78, 5) is 4.47. The second kappa shape index (κ2) is 5.86. The van der Waals surface area contributed by atoms with Crippen LogP contribution in [0.25, 0.3) is 0 Å². The fraction of sp³-hybridized carbons (Fsp3) is 0.389. The lowest BCUT2D eigenvalue weighted by Gasteiger charge is -2.25. The topological polar surface area (TPSA) is 48.1 Å². The van der Waals surface area contributed by atoms with E-state index in [1.165, 1.54) is 17.5 Å². The second-order valence-corrected chi connectivity index (χ2v) is 5.82. The van der Waals surface area contributed by atoms with Crippen LogP contribution in [0.15, 0.2) is 30.5 Å². The number of hydrogen-bond acceptors (Lipinski definition) is 3. The molecule has 0 bridgehead atoms. The highest BCUT2D eigenvalue weighted by molar-refractivity contribution is 5.53. The smallest absolute Gasteiger partial charge is 0.0899 e. The van der Waals surface area contributed by atoms with Gasteiger partial charge in [-0.1, -0.05) is 24.3 Å². The van der Waals surface area contributed by atoms with E-state index in [0.717, 1.165) is 35.3 Å². The molecule has 0 radical (unpaired) electrons. The minimum atomic E-state index is 0.179. The van der Waals surface area contributed by atoms with E-state index in [-0.39, 0.29) is 6.10 Å². The minimum absolute atomic E-state index is 0.179. The number of hydrogen-bond donors (Lipinski definition) is 1. The number of aryl methyl sites for hydroxylation is 2. The maximum absolute atomic E-state index is 6.15. The molecule has 1 aliphatic carbocycles. The van der Waals surface area contributed by atoms with Crippen molar-refractivity contribution in [2.45, 2.75) is 45.8 Å². The molecule has 1 heterocycles. The van der Waals surface area contributed by atoms with E-state index >= 15 is 0 Å². The van der Waals surface area contributed by atoms with Crippen LogP contribution < -0.4 is 5.73 Å². The first kappa shape index (κ1) is 14.1. The van der Waals surface area contributed by atoms with Gasteiger partial charge in [0.2, 0.25) is 0 Å². The highest BCUT2D eigenvalue weighted by Gasteiger charge is 2.20. The van der Waals surface area contributed by atoms with Crippen LogP contribution in [0.3, 0.4) is 0 Å². The third-order valence-corrected chi connectivity index (χ3v) is 4.41. The molecule has 110 valence electrons. The summed E-state index contributed by atoms with van der Waals surface area (Å²) in [5.41, 5.74) is 12.7. The number of pyridine rings is 1. The van der Waals surface area contributed by atoms with Crippen LogP contribution >= 0.6 is 0 Å². The van der Waals surface area contributed by atoms with Gasteiger partial charge in [-0.05, 0) is 55.4 Å². The number of anilines is 1. The molecule has 1 atom stereocenters. The zero-order valence-electron chi connectivity index (χ0n) is 12.7. The first-order chi connectivity index (χ1) is 10.2. The van der Waals surface area contributed by atoms with E-state index in [1.54, 1.807) is 0 Å². The highest BCUT2D eigenvalue weighted by Crippen LogP contribution is 2.33. The molecule has 2 N–H and O–H groups in total. The van der Waals surface area contributed by atoms with Gasteiger partial charge in [0.05, 0.1) is 18.4 Å². The van der Waals surface area contributed by atoms with Crippen molar-refractivity contribution in [3.05, 3.63) is 58.4 Å². The molecule has 1 aromatic heterocycles. The van der Waals surface area contributed by atoms with Crippen LogP contribution in [0.2, 0.25) is 0 Å². The van der Waals surface area contributed by atoms with Gasteiger partial charge in [0, 0.05) is 11.9 Å². The van der Waals surface area contributed by atoms with Crippen molar-refractivity contribution in [2.75, 3.05) is 5.73 Å². The van der Waals surface area contributed by atoms with Crippen molar-refractivity contribution in [2.24, 2.45) is 0 Å². The molecule has 2 aromatic rings. The largest absolute Gasteiger partial charge is 0.398 e. The molecule has 0 spiro atoms. The summed E-state index contributed by atoms with van der Waals surface area (Å²) in [6.45, 7) is 4.52. The fourth-order valence-electron chi connectivity index (χ4n) is 3.00. The first-order valence-corrected chi connectivity index (χ1v) is 7.56. The average molecular weight is 282 g/mol. The van der Waals surface area contributed by atoms with Crippen LogP contribution in [0.5, 0.6) is 0 Å². The number of ether oxygens (including phenoxy) is 1. The minimum Gasteiger partial charge on any atom is -0.398 e. The molecule has 1 aromatic carbocycles. The summed E-state index contributed by atoms with van der Waals surface area (Å²) >= 11 is 0. The van der Waals surface area contributed by atoms with E-state index in [0.29, 0.717) is 6.61 Å². The van der Waals surface area contributed by atoms with Crippen molar-refractivity contribution < 1.29 is 4.74 Å². The number of nitrogens with zero attached hydrogens (tertiary/aromatic N) is 1. The Balaban J connectivity index is 1.76. The summed E-state index contributed by atoms with van der Waals surface area (Å²) in [5, 5.41) is 0. The first-order valence-electron chi connectivity index (χ1n) is 7.56. The van der Waals surface area contributed by atoms with Crippen LogP contribution in [-0.2, 0) is 17.8 Å². The molecule has 3 rings (SSSR count). The molecular weight excluding hydrogens is 260 g/mol. The monoisotopic (exact) mass is 282 g/mol. The van der Waals surface area contributed by atoms with Gasteiger partial charge in [0.15, 0.2) is 0 Å². The predicted molar refractivity (Wildman–Crippen MR) is 85.0 cm³/mol. The molecule has 0 saturated carbocycles. The maximum atomic E-state index is 6.15. The molecule has 0 amide bonds. The Labute approximate surface area is 126 Å². The third-order valence-electron chi connectivity index (χ3n) is 4.41. The number of nitrogens with two attached hydrogens (primary N) is 1. The van der Waals surface area contributed by atoms with Gasteiger partial charge in [-0.25, -0.2) is 0 Å². The van der Waals surface area contributed by atoms with Crippen molar-refractivity contribution in [3.8, 4) is 0 Å². The Kier molecular flexibility index (Phi) is 3.93. The van der Waals surface area contributed by atoms with E-state index in [2.05, 4.69) is 29.2 Å². The van der Waals surface area contributed by atoms with Crippen molar-refractivity contribution >= 4 is 5.69 Å². The predicted octanol–water partition coefficient (Wildman–Crippen LogP) is 3.87. The summed E-state index contributed by atoms with van der Waals surface area (Å²) in [6.07, 6.45) is 5.43. The van der Waals surface area contributed by atoms with Gasteiger partial charge in [-0.15, -0.1) is 0 Å². The maximum Gasteiger partial charge on any atom is 0.0899 e. The van der Waals surface area contributed by atoms with Crippen LogP contribution in [0.4, 0.5) is 5.69 Å². The number of fused-ring (bicyclic) bond motifs is 1. The number of benzene rings is 1. The molecule has 21 heavy (non-hydrogen) atoms. The van der Waals surface area contributed by atoms with Crippen LogP contribution in [0, 0.1) is 13.8 Å². The Morgan fingerprint density at radius 3 is 2.95 bits per heavy atom. The van der Waals surface area contributed by atoms with Gasteiger partial charge >= 0.3 is 0 Å². The van der Waals surface area contributed by atoms with E-state index in [4.69, 9.17) is 10.5 Å². The summed E-state index contributed by atoms with van der Waals surface area (Å²) in [6, 6.07) is 8.59. The lowest BCUT2D eigenvalue weighted by molar-refractivity contribution is 0.0262. The van der Waals surface area contributed by atoms with Crippen LogP contribution in [-0.4, -0.2) is 4.98 Å². The molecule has 3 nitrogen and oxygen atoms in total. The summed E-state index contributed by atoms with van der Waals surface area (Å²) in [7, 11) is 0. The molecule has 0 aliphatic heterocycles. The summed E-state index contributed by atoms with van der Waals surface area (Å²) < 4.78 is 6.15. The molecule has 1 unspecified atom stereocenters. The fourth-order valence-corrected chi connectivity index (χ4v) is 3.00. The van der Waals surface area contributed by atoms with E-state index < -0.39 is 0 Å². The second-order valence-electron chi connectivity index (χ2n) is 5.82. The highest BCUT2D eigenvalue weighted by atomic mass is 16.5. The molecular formula is C18H22N2O. The molecule has 3 heteroatoms. The molecule has 1 aliphatic rings. The number of rotatable bonds is 3. The zero-order valence-corrected chi connectivity index (χ0v) is 12.7. The van der Waals surface area contributed by atoms with Crippen molar-refractivity contribution in [3.63, 3.8) is 0 Å². The van der Waals surface area contributed by atoms with E-state index in [1.807, 2.05) is 20.0 Å². The standard InChI is InChI=1S/C18H22N2O/c1-12-10-20-16(13(2)18(12)19)11-21-17-9-5-7-14-6-3-4-8-15(14)17/h3-4,6,8,10,17H,5,7,9,11H2,1-2H3,(H2,19,20). The lowest BCUT2D eigenvalue weighted by Crippen LogP contribution is -2.14. The Morgan fingerprint density at radius 2 is 2.10 bits per heavy atom. The lowest BCUT2D eigenvalue weighted by atomic mass is 9.89. The average Bonchev–Trinajstić information content (AvgIpc) is 2.52. The number of nitrogen functional groups attached to an aromatic ring is 1. The van der Waals surface area contributed by atoms with E-state index in [9.17, 15) is 0 Å². The number of aromatic nitrogens is 1. The van der Waals surface area contributed by atoms with Gasteiger partial charge in [0.25, 0.3) is 0 Å². The van der Waals surface area contributed by atoms with Crippen molar-refractivity contribution in [1.29, 1.82) is 0 Å². The van der Waals surface area contributed by atoms with Gasteiger partial charge in [-0.2, -0.15) is 0 Å². The van der Waals surface area contributed by atoms with Gasteiger partial charge in [-0.3, -0.25) is 4.98 Å².